The third-order valence-corrected chi connectivity index (χ3v) is 4.23. The second-order valence-electron chi connectivity index (χ2n) is 6.08. The fourth-order valence-corrected chi connectivity index (χ4v) is 2.76. The Kier molecular flexibility index (Phi) is 4.01. The van der Waals surface area contributed by atoms with Crippen molar-refractivity contribution in [1.82, 2.24) is 15.0 Å². The number of allylic oxidation sites excluding steroid dienone is 1. The van der Waals surface area contributed by atoms with E-state index >= 15 is 0 Å². The number of aryl methyl sites for hydroxylation is 1. The van der Waals surface area contributed by atoms with Crippen LogP contribution in [0.5, 0.6) is 11.5 Å². The Morgan fingerprint density at radius 1 is 1.08 bits per heavy atom. The van der Waals surface area contributed by atoms with Crippen LogP contribution in [0.3, 0.4) is 0 Å². The van der Waals surface area contributed by atoms with Crippen molar-refractivity contribution in [2.45, 2.75) is 13.8 Å². The highest BCUT2D eigenvalue weighted by atomic mass is 16.7. The SMILES string of the molecule is Cc1ccc(-n2nnc(C(=O)/C=C/c3ccc4c(c3)OCO4)c2C)cc1. The van der Waals surface area contributed by atoms with E-state index in [1.807, 2.05) is 56.3 Å². The van der Waals surface area contributed by atoms with Gasteiger partial charge in [-0.3, -0.25) is 4.79 Å². The van der Waals surface area contributed by atoms with E-state index in [2.05, 4.69) is 10.3 Å². The molecule has 1 aromatic heterocycles. The molecule has 0 fully saturated rings. The maximum absolute atomic E-state index is 12.5. The summed E-state index contributed by atoms with van der Waals surface area (Å²) in [5, 5.41) is 8.17. The number of ketones is 1. The van der Waals surface area contributed by atoms with Crippen LogP contribution in [0.1, 0.15) is 27.3 Å². The molecule has 0 saturated heterocycles. The van der Waals surface area contributed by atoms with Gasteiger partial charge in [-0.1, -0.05) is 35.1 Å². The normalized spacial score (nSPS) is 12.7. The third kappa shape index (κ3) is 2.97. The second-order valence-corrected chi connectivity index (χ2v) is 6.08. The fraction of sp³-hybridized carbons (Fsp3) is 0.150. The van der Waals surface area contributed by atoms with Crippen LogP contribution in [0.4, 0.5) is 0 Å². The predicted molar refractivity (Wildman–Crippen MR) is 96.8 cm³/mol. The Morgan fingerprint density at radius 2 is 1.85 bits per heavy atom. The van der Waals surface area contributed by atoms with E-state index in [9.17, 15) is 4.79 Å². The van der Waals surface area contributed by atoms with Gasteiger partial charge in [0.25, 0.3) is 0 Å². The molecule has 0 spiro atoms. The van der Waals surface area contributed by atoms with Gasteiger partial charge < -0.3 is 9.47 Å². The number of rotatable bonds is 4. The van der Waals surface area contributed by atoms with E-state index in [0.717, 1.165) is 16.8 Å². The van der Waals surface area contributed by atoms with Gasteiger partial charge in [-0.05, 0) is 49.8 Å². The average Bonchev–Trinajstić information content (AvgIpc) is 3.26. The molecule has 2 aromatic carbocycles. The minimum absolute atomic E-state index is 0.196. The van der Waals surface area contributed by atoms with E-state index in [-0.39, 0.29) is 12.6 Å². The topological polar surface area (TPSA) is 66.2 Å². The molecule has 0 aliphatic carbocycles. The standard InChI is InChI=1S/C20H17N3O3/c1-13-3-7-16(8-4-13)23-14(2)20(21-22-23)17(24)9-5-15-6-10-18-19(11-15)26-12-25-18/h3-11H,12H2,1-2H3/b9-5+. The third-order valence-electron chi connectivity index (χ3n) is 4.23. The number of nitrogens with zero attached hydrogens (tertiary/aromatic N) is 3. The molecule has 0 N–H and O–H groups in total. The summed E-state index contributed by atoms with van der Waals surface area (Å²) < 4.78 is 12.3. The van der Waals surface area contributed by atoms with Crippen molar-refractivity contribution in [3.8, 4) is 17.2 Å². The molecule has 0 radical (unpaired) electrons. The summed E-state index contributed by atoms with van der Waals surface area (Å²) in [6, 6.07) is 13.4. The molecule has 0 bridgehead atoms. The lowest BCUT2D eigenvalue weighted by molar-refractivity contribution is 0.104. The molecule has 6 nitrogen and oxygen atoms in total. The number of benzene rings is 2. The first-order valence-electron chi connectivity index (χ1n) is 8.23. The average molecular weight is 347 g/mol. The number of ether oxygens (including phenoxy) is 2. The van der Waals surface area contributed by atoms with Crippen LogP contribution in [0.25, 0.3) is 11.8 Å². The van der Waals surface area contributed by atoms with Crippen molar-refractivity contribution < 1.29 is 14.3 Å². The van der Waals surface area contributed by atoms with E-state index in [4.69, 9.17) is 9.47 Å². The summed E-state index contributed by atoms with van der Waals surface area (Å²) in [4.78, 5) is 12.5. The van der Waals surface area contributed by atoms with Gasteiger partial charge in [-0.15, -0.1) is 5.10 Å². The zero-order valence-corrected chi connectivity index (χ0v) is 14.5. The van der Waals surface area contributed by atoms with E-state index < -0.39 is 0 Å². The fourth-order valence-electron chi connectivity index (χ4n) is 2.76. The molecule has 0 saturated carbocycles. The van der Waals surface area contributed by atoms with Gasteiger partial charge in [-0.25, -0.2) is 4.68 Å². The lowest BCUT2D eigenvalue weighted by Crippen LogP contribution is -2.01. The summed E-state index contributed by atoms with van der Waals surface area (Å²) in [5.41, 5.74) is 3.93. The minimum atomic E-state index is -0.196. The lowest BCUT2D eigenvalue weighted by Gasteiger charge is -2.03. The first-order chi connectivity index (χ1) is 12.6. The van der Waals surface area contributed by atoms with Gasteiger partial charge in [0.2, 0.25) is 12.6 Å². The van der Waals surface area contributed by atoms with Crippen LogP contribution in [0, 0.1) is 13.8 Å². The Labute approximate surface area is 150 Å². The molecule has 1 aliphatic rings. The molecule has 4 rings (SSSR count). The van der Waals surface area contributed by atoms with Gasteiger partial charge in [-0.2, -0.15) is 0 Å². The molecule has 0 atom stereocenters. The van der Waals surface area contributed by atoms with Crippen molar-refractivity contribution in [3.63, 3.8) is 0 Å². The number of fused-ring (bicyclic) bond motifs is 1. The quantitative estimate of drug-likeness (QED) is 0.534. The Bertz CT molecular complexity index is 1000. The number of aromatic nitrogens is 3. The number of carbonyl (C=O) groups excluding carboxylic acids is 1. The minimum Gasteiger partial charge on any atom is -0.454 e. The van der Waals surface area contributed by atoms with Crippen molar-refractivity contribution in [1.29, 1.82) is 0 Å². The summed E-state index contributed by atoms with van der Waals surface area (Å²) in [7, 11) is 0. The maximum Gasteiger partial charge on any atom is 0.231 e. The largest absolute Gasteiger partial charge is 0.454 e. The van der Waals surface area contributed by atoms with Gasteiger partial charge in [0, 0.05) is 0 Å². The molecule has 0 unspecified atom stereocenters. The summed E-state index contributed by atoms with van der Waals surface area (Å²) >= 11 is 0. The van der Waals surface area contributed by atoms with Crippen LogP contribution >= 0.6 is 0 Å². The highest BCUT2D eigenvalue weighted by molar-refractivity contribution is 6.06. The summed E-state index contributed by atoms with van der Waals surface area (Å²) in [6.07, 6.45) is 3.22. The highest BCUT2D eigenvalue weighted by Crippen LogP contribution is 2.32. The number of hydrogen-bond acceptors (Lipinski definition) is 5. The molecule has 2 heterocycles. The van der Waals surface area contributed by atoms with Gasteiger partial charge in [0.05, 0.1) is 11.4 Å². The Morgan fingerprint density at radius 3 is 2.65 bits per heavy atom. The van der Waals surface area contributed by atoms with E-state index in [0.29, 0.717) is 22.9 Å². The van der Waals surface area contributed by atoms with Gasteiger partial charge in [0.15, 0.2) is 17.2 Å². The van der Waals surface area contributed by atoms with Crippen molar-refractivity contribution in [3.05, 3.63) is 71.1 Å². The molecule has 26 heavy (non-hydrogen) atoms. The van der Waals surface area contributed by atoms with Crippen LogP contribution in [-0.2, 0) is 0 Å². The highest BCUT2D eigenvalue weighted by Gasteiger charge is 2.16. The van der Waals surface area contributed by atoms with Crippen molar-refractivity contribution in [2.75, 3.05) is 6.79 Å². The number of hydrogen-bond donors (Lipinski definition) is 0. The zero-order valence-electron chi connectivity index (χ0n) is 14.5. The van der Waals surface area contributed by atoms with E-state index in [1.54, 1.807) is 10.8 Å². The Hall–Kier alpha value is -3.41. The zero-order chi connectivity index (χ0) is 18.1. The molecule has 1 aliphatic heterocycles. The molecular formula is C20H17N3O3. The molecular weight excluding hydrogens is 330 g/mol. The summed E-state index contributed by atoms with van der Waals surface area (Å²) in [5.74, 6) is 1.20. The van der Waals surface area contributed by atoms with Crippen LogP contribution in [-0.4, -0.2) is 27.6 Å². The summed E-state index contributed by atoms with van der Waals surface area (Å²) in [6.45, 7) is 4.08. The first-order valence-corrected chi connectivity index (χ1v) is 8.23. The van der Waals surface area contributed by atoms with Crippen LogP contribution in [0.2, 0.25) is 0 Å². The van der Waals surface area contributed by atoms with Gasteiger partial charge >= 0.3 is 0 Å². The molecule has 0 amide bonds. The predicted octanol–water partition coefficient (Wildman–Crippen LogP) is 3.51. The lowest BCUT2D eigenvalue weighted by atomic mass is 10.1. The Balaban J connectivity index is 1.56. The first kappa shape index (κ1) is 16.1. The molecule has 6 heteroatoms. The maximum atomic E-state index is 12.5. The smallest absolute Gasteiger partial charge is 0.231 e. The molecule has 3 aromatic rings. The van der Waals surface area contributed by atoms with Gasteiger partial charge in [0.1, 0.15) is 0 Å². The van der Waals surface area contributed by atoms with Crippen LogP contribution < -0.4 is 9.47 Å². The van der Waals surface area contributed by atoms with Crippen molar-refractivity contribution in [2.24, 2.45) is 0 Å². The monoisotopic (exact) mass is 347 g/mol. The number of carbonyl (C=O) groups is 1. The molecule has 130 valence electrons. The van der Waals surface area contributed by atoms with Crippen LogP contribution in [0.15, 0.2) is 48.5 Å². The second kappa shape index (κ2) is 6.48. The van der Waals surface area contributed by atoms with E-state index in [1.165, 1.54) is 6.08 Å². The van der Waals surface area contributed by atoms with Crippen molar-refractivity contribution >= 4 is 11.9 Å².